The molecule has 0 aliphatic heterocycles. The number of aryl methyl sites for hydroxylation is 2. The molecule has 4 heteroatoms. The largest absolute Gasteiger partial charge is 0.335 e. The number of carbonyl (C=O) groups is 1. The Balaban J connectivity index is 2.25. The molecule has 1 heterocycles. The molecule has 0 aliphatic rings. The van der Waals surface area contributed by atoms with Crippen LogP contribution in [0.2, 0.25) is 5.02 Å². The fourth-order valence-corrected chi connectivity index (χ4v) is 2.10. The van der Waals surface area contributed by atoms with Crippen molar-refractivity contribution in [2.45, 2.75) is 26.8 Å². The van der Waals surface area contributed by atoms with Crippen molar-refractivity contribution in [1.82, 2.24) is 9.55 Å². The topological polar surface area (TPSA) is 34.9 Å². The van der Waals surface area contributed by atoms with Gasteiger partial charge in [-0.3, -0.25) is 4.79 Å². The van der Waals surface area contributed by atoms with Crippen LogP contribution in [0.25, 0.3) is 0 Å². The van der Waals surface area contributed by atoms with Crippen LogP contribution in [0.4, 0.5) is 0 Å². The van der Waals surface area contributed by atoms with Gasteiger partial charge in [-0.2, -0.15) is 0 Å². The highest BCUT2D eigenvalue weighted by molar-refractivity contribution is 6.31. The van der Waals surface area contributed by atoms with Crippen LogP contribution in [-0.2, 0) is 13.0 Å². The Kier molecular flexibility index (Phi) is 3.82. The molecule has 0 N–H and O–H groups in total. The molecule has 0 spiro atoms. The van der Waals surface area contributed by atoms with Crippen LogP contribution in [0.3, 0.4) is 0 Å². The molecule has 0 amide bonds. The first-order chi connectivity index (χ1) is 8.61. The summed E-state index contributed by atoms with van der Waals surface area (Å²) in [7, 11) is 0. The van der Waals surface area contributed by atoms with Crippen LogP contribution in [-0.4, -0.2) is 15.3 Å². The average Bonchev–Trinajstić information content (AvgIpc) is 2.79. The number of rotatable bonds is 4. The Morgan fingerprint density at radius 2 is 2.22 bits per heavy atom. The summed E-state index contributed by atoms with van der Waals surface area (Å²) >= 11 is 5.93. The Hall–Kier alpha value is -1.61. The second kappa shape index (κ2) is 5.36. The van der Waals surface area contributed by atoms with Crippen molar-refractivity contribution in [3.8, 4) is 0 Å². The van der Waals surface area contributed by atoms with Crippen LogP contribution in [0.15, 0.2) is 30.6 Å². The Morgan fingerprint density at radius 1 is 1.44 bits per heavy atom. The van der Waals surface area contributed by atoms with E-state index in [0.717, 1.165) is 17.9 Å². The first kappa shape index (κ1) is 12.8. The number of imidazole rings is 1. The molecule has 0 atom stereocenters. The predicted molar refractivity (Wildman–Crippen MR) is 72.1 cm³/mol. The van der Waals surface area contributed by atoms with Crippen molar-refractivity contribution in [3.63, 3.8) is 0 Å². The molecule has 0 saturated carbocycles. The molecule has 0 saturated heterocycles. The van der Waals surface area contributed by atoms with Crippen LogP contribution in [0.1, 0.15) is 28.7 Å². The summed E-state index contributed by atoms with van der Waals surface area (Å²) in [5.41, 5.74) is 1.62. The summed E-state index contributed by atoms with van der Waals surface area (Å²) in [6, 6.07) is 5.38. The average molecular weight is 263 g/mol. The Morgan fingerprint density at radius 3 is 2.94 bits per heavy atom. The number of carbonyl (C=O) groups excluding carboxylic acids is 1. The minimum atomic E-state index is 0.0518. The number of hydrogen-bond acceptors (Lipinski definition) is 2. The van der Waals surface area contributed by atoms with Crippen molar-refractivity contribution in [2.75, 3.05) is 0 Å². The molecule has 2 rings (SSSR count). The highest BCUT2D eigenvalue weighted by Crippen LogP contribution is 2.17. The molecule has 94 valence electrons. The highest BCUT2D eigenvalue weighted by Gasteiger charge is 2.13. The maximum Gasteiger partial charge on any atom is 0.170 e. The first-order valence-electron chi connectivity index (χ1n) is 5.91. The van der Waals surface area contributed by atoms with Gasteiger partial charge in [0.15, 0.2) is 5.78 Å². The van der Waals surface area contributed by atoms with Gasteiger partial charge in [0.25, 0.3) is 0 Å². The minimum Gasteiger partial charge on any atom is -0.335 e. The van der Waals surface area contributed by atoms with Gasteiger partial charge in [-0.15, -0.1) is 0 Å². The fourth-order valence-electron chi connectivity index (χ4n) is 1.93. The van der Waals surface area contributed by atoms with Crippen LogP contribution >= 0.6 is 11.6 Å². The fraction of sp³-hybridized carbons (Fsp3) is 0.286. The number of nitrogens with zero attached hydrogens (tertiary/aromatic N) is 2. The Labute approximate surface area is 111 Å². The van der Waals surface area contributed by atoms with Crippen molar-refractivity contribution in [2.24, 2.45) is 0 Å². The lowest BCUT2D eigenvalue weighted by molar-refractivity contribution is 0.0989. The molecule has 0 unspecified atom stereocenters. The van der Waals surface area contributed by atoms with Crippen molar-refractivity contribution < 1.29 is 4.79 Å². The third-order valence-electron chi connectivity index (χ3n) is 2.96. The summed E-state index contributed by atoms with van der Waals surface area (Å²) in [6.07, 6.45) is 3.91. The van der Waals surface area contributed by atoms with E-state index in [0.29, 0.717) is 17.0 Å². The second-order valence-corrected chi connectivity index (χ2v) is 4.63. The first-order valence-corrected chi connectivity index (χ1v) is 6.29. The van der Waals surface area contributed by atoms with E-state index in [1.165, 1.54) is 0 Å². The molecule has 1 aromatic carbocycles. The van der Waals surface area contributed by atoms with Crippen molar-refractivity contribution in [1.29, 1.82) is 0 Å². The van der Waals surface area contributed by atoms with Gasteiger partial charge in [0.05, 0.1) is 6.42 Å². The van der Waals surface area contributed by atoms with Crippen LogP contribution < -0.4 is 0 Å². The quantitative estimate of drug-likeness (QED) is 0.793. The van der Waals surface area contributed by atoms with E-state index in [1.807, 2.05) is 30.7 Å². The number of Topliss-reactive ketones (excluding diaryl/α,β-unsaturated/α-hetero) is 1. The normalized spacial score (nSPS) is 10.6. The third-order valence-corrected chi connectivity index (χ3v) is 3.20. The molecule has 18 heavy (non-hydrogen) atoms. The summed E-state index contributed by atoms with van der Waals surface area (Å²) in [5.74, 6) is 0.845. The van der Waals surface area contributed by atoms with Gasteiger partial charge in [0.1, 0.15) is 5.82 Å². The smallest absolute Gasteiger partial charge is 0.170 e. The summed E-state index contributed by atoms with van der Waals surface area (Å²) in [4.78, 5) is 16.5. The molecule has 0 bridgehead atoms. The molecule has 2 aromatic rings. The maximum absolute atomic E-state index is 12.2. The van der Waals surface area contributed by atoms with E-state index in [1.54, 1.807) is 18.3 Å². The van der Waals surface area contributed by atoms with Gasteiger partial charge in [-0.05, 0) is 31.5 Å². The molecule has 0 radical (unpaired) electrons. The molecule has 0 aliphatic carbocycles. The summed E-state index contributed by atoms with van der Waals surface area (Å²) < 4.78 is 1.97. The van der Waals surface area contributed by atoms with Gasteiger partial charge in [0.2, 0.25) is 0 Å². The zero-order chi connectivity index (χ0) is 13.1. The van der Waals surface area contributed by atoms with Crippen LogP contribution in [0, 0.1) is 6.92 Å². The van der Waals surface area contributed by atoms with E-state index in [9.17, 15) is 4.79 Å². The molecule has 3 nitrogen and oxygen atoms in total. The Bertz CT molecular complexity index is 575. The standard InChI is InChI=1S/C14H15ClN2O/c1-3-17-7-6-16-14(17)9-13(18)12-8-11(15)5-4-10(12)2/h4-8H,3,9H2,1-2H3. The highest BCUT2D eigenvalue weighted by atomic mass is 35.5. The summed E-state index contributed by atoms with van der Waals surface area (Å²) in [5, 5.41) is 0.586. The van der Waals surface area contributed by atoms with Gasteiger partial charge >= 0.3 is 0 Å². The summed E-state index contributed by atoms with van der Waals surface area (Å²) in [6.45, 7) is 4.76. The monoisotopic (exact) mass is 262 g/mol. The molecule has 1 aromatic heterocycles. The second-order valence-electron chi connectivity index (χ2n) is 4.19. The maximum atomic E-state index is 12.2. The minimum absolute atomic E-state index is 0.0518. The lowest BCUT2D eigenvalue weighted by Gasteiger charge is -2.07. The number of hydrogen-bond donors (Lipinski definition) is 0. The van der Waals surface area contributed by atoms with Gasteiger partial charge in [0, 0.05) is 29.5 Å². The number of aromatic nitrogens is 2. The number of halogens is 1. The molecule has 0 fully saturated rings. The lowest BCUT2D eigenvalue weighted by atomic mass is 10.0. The lowest BCUT2D eigenvalue weighted by Crippen LogP contribution is -2.10. The van der Waals surface area contributed by atoms with Gasteiger partial charge < -0.3 is 4.57 Å². The van der Waals surface area contributed by atoms with Gasteiger partial charge in [-0.25, -0.2) is 4.98 Å². The van der Waals surface area contributed by atoms with E-state index in [2.05, 4.69) is 4.98 Å². The van der Waals surface area contributed by atoms with E-state index in [4.69, 9.17) is 11.6 Å². The van der Waals surface area contributed by atoms with Crippen molar-refractivity contribution in [3.05, 3.63) is 52.6 Å². The third kappa shape index (κ3) is 2.62. The van der Waals surface area contributed by atoms with Crippen molar-refractivity contribution >= 4 is 17.4 Å². The van der Waals surface area contributed by atoms with Gasteiger partial charge in [-0.1, -0.05) is 17.7 Å². The van der Waals surface area contributed by atoms with E-state index < -0.39 is 0 Å². The SMILES string of the molecule is CCn1ccnc1CC(=O)c1cc(Cl)ccc1C. The zero-order valence-electron chi connectivity index (χ0n) is 10.5. The van der Waals surface area contributed by atoms with Crippen LogP contribution in [0.5, 0.6) is 0 Å². The molecular formula is C14H15ClN2O. The van der Waals surface area contributed by atoms with E-state index in [-0.39, 0.29) is 5.78 Å². The zero-order valence-corrected chi connectivity index (χ0v) is 11.2. The predicted octanol–water partition coefficient (Wildman–Crippen LogP) is 3.29. The number of benzene rings is 1. The number of ketones is 1. The van der Waals surface area contributed by atoms with E-state index >= 15 is 0 Å². The molecular weight excluding hydrogens is 248 g/mol.